The van der Waals surface area contributed by atoms with Gasteiger partial charge in [-0.3, -0.25) is 19.3 Å². The van der Waals surface area contributed by atoms with Crippen LogP contribution in [0.1, 0.15) is 13.3 Å². The Hall–Kier alpha value is -3.61. The Morgan fingerprint density at radius 1 is 0.882 bits per heavy atom. The van der Waals surface area contributed by atoms with E-state index in [9.17, 15) is 14.4 Å². The molecule has 0 radical (unpaired) electrons. The highest BCUT2D eigenvalue weighted by Gasteiger charge is 2.67. The number of anilines is 1. The highest BCUT2D eigenvalue weighted by atomic mass is 16.5. The lowest BCUT2D eigenvalue weighted by molar-refractivity contribution is -0.146. The van der Waals surface area contributed by atoms with Crippen LogP contribution in [0.3, 0.4) is 0 Å². The van der Waals surface area contributed by atoms with E-state index in [4.69, 9.17) is 9.47 Å². The number of imide groups is 1. The molecule has 2 aromatic rings. The molecule has 1 saturated heterocycles. The van der Waals surface area contributed by atoms with Crippen LogP contribution < -0.4 is 14.8 Å². The van der Waals surface area contributed by atoms with Gasteiger partial charge in [-0.15, -0.1) is 0 Å². The molecule has 2 aromatic carbocycles. The first-order valence-corrected chi connectivity index (χ1v) is 11.7. The van der Waals surface area contributed by atoms with E-state index in [1.807, 2.05) is 24.3 Å². The van der Waals surface area contributed by atoms with Crippen molar-refractivity contribution in [2.24, 2.45) is 35.5 Å². The standard InChI is InChI=1S/C27H26N2O5/c1-14(29-26(31)23-19-11-12-20(22-13-21(19)22)24(23)27(29)32)25(30)28-15-3-5-17(6-4-15)34-18-9-7-16(33-2)8-10-18/h3-12,14,19-24H,13H2,1-2H3,(H,28,30)/t14-,19+,20+,21-,22+,23+,24-/m0/s1. The number of nitrogens with zero attached hydrogens (tertiary/aromatic N) is 1. The Morgan fingerprint density at radius 3 is 1.91 bits per heavy atom. The van der Waals surface area contributed by atoms with Gasteiger partial charge in [-0.25, -0.2) is 0 Å². The van der Waals surface area contributed by atoms with E-state index in [0.29, 0.717) is 29.0 Å². The van der Waals surface area contributed by atoms with Crippen molar-refractivity contribution in [2.75, 3.05) is 12.4 Å². The van der Waals surface area contributed by atoms with Crippen LogP contribution in [0.5, 0.6) is 17.2 Å². The number of rotatable bonds is 6. The molecule has 1 aliphatic heterocycles. The van der Waals surface area contributed by atoms with Crippen LogP contribution >= 0.6 is 0 Å². The number of hydrogen-bond acceptors (Lipinski definition) is 5. The molecule has 174 valence electrons. The normalized spacial score (nSPS) is 31.1. The summed E-state index contributed by atoms with van der Waals surface area (Å²) < 4.78 is 11.0. The number of nitrogens with one attached hydrogen (secondary N) is 1. The van der Waals surface area contributed by atoms with Crippen molar-refractivity contribution >= 4 is 23.4 Å². The molecule has 7 atom stereocenters. The molecule has 3 fully saturated rings. The zero-order valence-corrected chi connectivity index (χ0v) is 19.0. The number of allylic oxidation sites excluding steroid dienone is 2. The largest absolute Gasteiger partial charge is 0.497 e. The fourth-order valence-corrected chi connectivity index (χ4v) is 6.11. The van der Waals surface area contributed by atoms with Gasteiger partial charge < -0.3 is 14.8 Å². The summed E-state index contributed by atoms with van der Waals surface area (Å²) in [5, 5.41) is 2.83. The summed E-state index contributed by atoms with van der Waals surface area (Å²) >= 11 is 0. The summed E-state index contributed by atoms with van der Waals surface area (Å²) in [5.41, 5.74) is 0.568. The van der Waals surface area contributed by atoms with E-state index >= 15 is 0 Å². The van der Waals surface area contributed by atoms with Crippen molar-refractivity contribution in [3.05, 3.63) is 60.7 Å². The molecular formula is C27H26N2O5. The molecule has 34 heavy (non-hydrogen) atoms. The average Bonchev–Trinajstić information content (AvgIpc) is 3.63. The minimum Gasteiger partial charge on any atom is -0.497 e. The summed E-state index contributed by atoms with van der Waals surface area (Å²) in [5.74, 6) is 2.05. The Morgan fingerprint density at radius 2 is 1.38 bits per heavy atom. The third-order valence-corrected chi connectivity index (χ3v) is 7.88. The van der Waals surface area contributed by atoms with Gasteiger partial charge in [0.1, 0.15) is 23.3 Å². The molecule has 7 rings (SSSR count). The van der Waals surface area contributed by atoms with Crippen LogP contribution in [0.2, 0.25) is 0 Å². The molecule has 0 aromatic heterocycles. The van der Waals surface area contributed by atoms with E-state index in [-0.39, 0.29) is 41.4 Å². The predicted molar refractivity (Wildman–Crippen MR) is 124 cm³/mol. The molecule has 0 unspecified atom stereocenters. The minimum absolute atomic E-state index is 0.148. The second-order valence-corrected chi connectivity index (χ2v) is 9.67. The first-order valence-electron chi connectivity index (χ1n) is 11.7. The summed E-state index contributed by atoms with van der Waals surface area (Å²) in [6.45, 7) is 1.62. The van der Waals surface area contributed by atoms with Crippen LogP contribution in [0, 0.1) is 35.5 Å². The number of carbonyl (C=O) groups is 3. The van der Waals surface area contributed by atoms with Crippen molar-refractivity contribution in [3.8, 4) is 17.2 Å². The van der Waals surface area contributed by atoms with Gasteiger partial charge in [0, 0.05) is 5.69 Å². The maximum absolute atomic E-state index is 13.2. The van der Waals surface area contributed by atoms with Gasteiger partial charge in [0.25, 0.3) is 0 Å². The lowest BCUT2D eigenvalue weighted by Crippen LogP contribution is -2.46. The van der Waals surface area contributed by atoms with Gasteiger partial charge in [0.05, 0.1) is 18.9 Å². The summed E-state index contributed by atoms with van der Waals surface area (Å²) in [7, 11) is 1.61. The zero-order chi connectivity index (χ0) is 23.6. The topological polar surface area (TPSA) is 84.9 Å². The quantitative estimate of drug-likeness (QED) is 0.525. The van der Waals surface area contributed by atoms with Gasteiger partial charge in [-0.1, -0.05) is 12.2 Å². The van der Waals surface area contributed by atoms with E-state index in [2.05, 4.69) is 17.5 Å². The lowest BCUT2D eigenvalue weighted by Gasteiger charge is -2.37. The molecule has 2 saturated carbocycles. The fraction of sp³-hybridized carbons (Fsp3) is 0.370. The van der Waals surface area contributed by atoms with E-state index in [0.717, 1.165) is 12.2 Å². The second kappa shape index (κ2) is 7.72. The van der Waals surface area contributed by atoms with Gasteiger partial charge in [-0.05, 0) is 85.5 Å². The first-order chi connectivity index (χ1) is 16.5. The lowest BCUT2D eigenvalue weighted by atomic mass is 9.63. The van der Waals surface area contributed by atoms with Crippen LogP contribution in [0.4, 0.5) is 5.69 Å². The Labute approximate surface area is 197 Å². The summed E-state index contributed by atoms with van der Waals surface area (Å²) in [6.07, 6.45) is 5.38. The highest BCUT2D eigenvalue weighted by Crippen LogP contribution is 2.65. The Balaban J connectivity index is 1.11. The molecule has 7 heteroatoms. The smallest absolute Gasteiger partial charge is 0.247 e. The van der Waals surface area contributed by atoms with Crippen molar-refractivity contribution in [3.63, 3.8) is 0 Å². The number of carbonyl (C=O) groups excluding carboxylic acids is 3. The Bertz CT molecular complexity index is 1150. The molecule has 3 amide bonds. The van der Waals surface area contributed by atoms with E-state index in [1.54, 1.807) is 38.3 Å². The van der Waals surface area contributed by atoms with E-state index in [1.165, 1.54) is 4.90 Å². The van der Waals surface area contributed by atoms with Crippen molar-refractivity contribution in [1.82, 2.24) is 4.90 Å². The minimum atomic E-state index is -0.864. The molecule has 5 aliphatic rings. The Kier molecular flexibility index (Phi) is 4.76. The van der Waals surface area contributed by atoms with Gasteiger partial charge >= 0.3 is 0 Å². The van der Waals surface area contributed by atoms with Crippen molar-refractivity contribution in [2.45, 2.75) is 19.4 Å². The number of methoxy groups -OCH3 is 1. The second-order valence-electron chi connectivity index (χ2n) is 9.67. The van der Waals surface area contributed by atoms with Crippen LogP contribution in [0.25, 0.3) is 0 Å². The average molecular weight is 459 g/mol. The molecule has 4 aliphatic carbocycles. The van der Waals surface area contributed by atoms with Crippen LogP contribution in [0.15, 0.2) is 60.7 Å². The molecule has 1 N–H and O–H groups in total. The van der Waals surface area contributed by atoms with Crippen LogP contribution in [-0.2, 0) is 14.4 Å². The van der Waals surface area contributed by atoms with Crippen molar-refractivity contribution < 1.29 is 23.9 Å². The number of amides is 3. The number of benzene rings is 2. The van der Waals surface area contributed by atoms with Crippen molar-refractivity contribution in [1.29, 1.82) is 0 Å². The van der Waals surface area contributed by atoms with E-state index < -0.39 is 6.04 Å². The third-order valence-electron chi connectivity index (χ3n) is 7.88. The van der Waals surface area contributed by atoms with Crippen LogP contribution in [-0.4, -0.2) is 35.8 Å². The highest BCUT2D eigenvalue weighted by molar-refractivity contribution is 6.10. The molecule has 1 heterocycles. The first kappa shape index (κ1) is 21.0. The molecule has 7 nitrogen and oxygen atoms in total. The SMILES string of the molecule is COc1ccc(Oc2ccc(NC(=O)[C@H](C)N3C(=O)[C@@H]4[C@@H]5C=C[C@H]([C@H]6C[C@@H]56)[C@@H]4C3=O)cc2)cc1. The van der Waals surface area contributed by atoms with Gasteiger partial charge in [-0.2, -0.15) is 0 Å². The number of ether oxygens (including phenoxy) is 2. The summed E-state index contributed by atoms with van der Waals surface area (Å²) in [6, 6.07) is 13.3. The predicted octanol–water partition coefficient (Wildman–Crippen LogP) is 3.87. The fourth-order valence-electron chi connectivity index (χ4n) is 6.11. The maximum atomic E-state index is 13.2. The molecular weight excluding hydrogens is 432 g/mol. The number of hydrogen-bond donors (Lipinski definition) is 1. The maximum Gasteiger partial charge on any atom is 0.247 e. The monoisotopic (exact) mass is 458 g/mol. The van der Waals surface area contributed by atoms with Gasteiger partial charge in [0.15, 0.2) is 0 Å². The summed E-state index contributed by atoms with van der Waals surface area (Å²) in [4.78, 5) is 40.6. The number of likely N-dealkylation sites (tertiary alicyclic amines) is 1. The molecule has 2 bridgehead atoms. The molecule has 0 spiro atoms. The zero-order valence-electron chi connectivity index (χ0n) is 19.0. The van der Waals surface area contributed by atoms with Gasteiger partial charge in [0.2, 0.25) is 17.7 Å². The third kappa shape index (κ3) is 3.22.